The second kappa shape index (κ2) is 6.97. The van der Waals surface area contributed by atoms with Gasteiger partial charge in [0, 0.05) is 38.1 Å². The minimum Gasteiger partial charge on any atom is -0.368 e. The van der Waals surface area contributed by atoms with Gasteiger partial charge in [0.25, 0.3) is 0 Å². The number of carbonyl (C=O) groups excluding carboxylic acids is 1. The summed E-state index contributed by atoms with van der Waals surface area (Å²) in [7, 11) is 0. The number of carbonyl (C=O) groups is 1. The largest absolute Gasteiger partial charge is 0.368 e. The summed E-state index contributed by atoms with van der Waals surface area (Å²) >= 11 is 0. The molecule has 2 N–H and O–H groups in total. The molecule has 24 heavy (non-hydrogen) atoms. The van der Waals surface area contributed by atoms with E-state index in [9.17, 15) is 4.79 Å². The van der Waals surface area contributed by atoms with Gasteiger partial charge in [-0.25, -0.2) is 9.97 Å². The first-order chi connectivity index (χ1) is 11.6. The van der Waals surface area contributed by atoms with Gasteiger partial charge in [0.1, 0.15) is 6.04 Å². The average Bonchev–Trinajstić information content (AvgIpc) is 2.59. The van der Waals surface area contributed by atoms with Crippen molar-refractivity contribution in [1.82, 2.24) is 14.9 Å². The molecular weight excluding hydrogens is 302 g/mol. The summed E-state index contributed by atoms with van der Waals surface area (Å²) in [6.45, 7) is 7.06. The molecule has 1 aliphatic rings. The molecule has 0 aliphatic carbocycles. The Bertz CT molecular complexity index is 711. The topological polar surface area (TPSA) is 75.3 Å². The third-order valence-corrected chi connectivity index (χ3v) is 4.56. The van der Waals surface area contributed by atoms with E-state index in [4.69, 9.17) is 5.73 Å². The summed E-state index contributed by atoms with van der Waals surface area (Å²) in [5.41, 5.74) is 8.70. The predicted molar refractivity (Wildman–Crippen MR) is 93.7 cm³/mol. The average molecular weight is 325 g/mol. The lowest BCUT2D eigenvalue weighted by atomic mass is 10.0. The second-order valence-electron chi connectivity index (χ2n) is 6.18. The van der Waals surface area contributed by atoms with Gasteiger partial charge in [0.05, 0.1) is 0 Å². The van der Waals surface area contributed by atoms with Crippen molar-refractivity contribution in [3.63, 3.8) is 0 Å². The Balaban J connectivity index is 1.71. The molecule has 6 nitrogen and oxygen atoms in total. The molecule has 2 heterocycles. The quantitative estimate of drug-likeness (QED) is 0.921. The van der Waals surface area contributed by atoms with Gasteiger partial charge >= 0.3 is 0 Å². The zero-order chi connectivity index (χ0) is 17.1. The Labute approximate surface area is 142 Å². The van der Waals surface area contributed by atoms with E-state index in [1.165, 1.54) is 0 Å². The van der Waals surface area contributed by atoms with E-state index in [-0.39, 0.29) is 11.9 Å². The van der Waals surface area contributed by atoms with Gasteiger partial charge in [-0.15, -0.1) is 0 Å². The van der Waals surface area contributed by atoms with Gasteiger partial charge in [-0.05, 0) is 25.0 Å². The number of piperazine rings is 1. The minimum atomic E-state index is -0.381. The Morgan fingerprint density at radius 3 is 2.38 bits per heavy atom. The van der Waals surface area contributed by atoms with Gasteiger partial charge in [0.2, 0.25) is 11.9 Å². The number of aryl methyl sites for hydroxylation is 2. The zero-order valence-electron chi connectivity index (χ0n) is 14.1. The first-order valence-electron chi connectivity index (χ1n) is 8.20. The number of amides is 1. The van der Waals surface area contributed by atoms with Crippen LogP contribution in [0.5, 0.6) is 0 Å². The molecule has 1 aromatic carbocycles. The maximum absolute atomic E-state index is 12.0. The number of benzene rings is 1. The van der Waals surface area contributed by atoms with Crippen molar-refractivity contribution in [2.24, 2.45) is 5.73 Å². The number of hydrogen-bond donors (Lipinski definition) is 1. The zero-order valence-corrected chi connectivity index (χ0v) is 14.1. The van der Waals surface area contributed by atoms with Crippen molar-refractivity contribution in [2.75, 3.05) is 31.1 Å². The molecule has 1 atom stereocenters. The normalized spacial score (nSPS) is 16.8. The summed E-state index contributed by atoms with van der Waals surface area (Å²) in [5.74, 6) is 0.449. The highest BCUT2D eigenvalue weighted by Crippen LogP contribution is 2.23. The third-order valence-electron chi connectivity index (χ3n) is 4.56. The lowest BCUT2D eigenvalue weighted by Gasteiger charge is -2.38. The van der Waals surface area contributed by atoms with Crippen LogP contribution in [0.4, 0.5) is 5.95 Å². The maximum atomic E-state index is 12.0. The molecule has 126 valence electrons. The highest BCUT2D eigenvalue weighted by atomic mass is 16.1. The molecule has 0 radical (unpaired) electrons. The number of hydrogen-bond acceptors (Lipinski definition) is 5. The van der Waals surface area contributed by atoms with E-state index < -0.39 is 0 Å². The molecule has 1 aromatic heterocycles. The molecule has 1 unspecified atom stereocenters. The van der Waals surface area contributed by atoms with Gasteiger partial charge in [-0.3, -0.25) is 9.69 Å². The second-order valence-corrected chi connectivity index (χ2v) is 6.18. The SMILES string of the molecule is Cc1cnc(N2CCN(C(C(N)=O)c3ccccc3)CC2)nc1C. The molecule has 1 amide bonds. The Hall–Kier alpha value is -2.47. The van der Waals surface area contributed by atoms with Crippen LogP contribution in [0.25, 0.3) is 0 Å². The lowest BCUT2D eigenvalue weighted by molar-refractivity contribution is -0.123. The van der Waals surface area contributed by atoms with Crippen LogP contribution in [0.1, 0.15) is 22.9 Å². The number of anilines is 1. The van der Waals surface area contributed by atoms with Gasteiger partial charge in [0.15, 0.2) is 0 Å². The molecule has 1 fully saturated rings. The Morgan fingerprint density at radius 2 is 1.79 bits per heavy atom. The monoisotopic (exact) mass is 325 g/mol. The van der Waals surface area contributed by atoms with Crippen LogP contribution in [0, 0.1) is 13.8 Å². The van der Waals surface area contributed by atoms with E-state index in [2.05, 4.69) is 19.8 Å². The first kappa shape index (κ1) is 16.4. The molecule has 0 saturated carbocycles. The van der Waals surface area contributed by atoms with Gasteiger partial charge in [-0.2, -0.15) is 0 Å². The van der Waals surface area contributed by atoms with E-state index in [1.54, 1.807) is 0 Å². The van der Waals surface area contributed by atoms with Crippen LogP contribution in [0.2, 0.25) is 0 Å². The van der Waals surface area contributed by atoms with Crippen LogP contribution >= 0.6 is 0 Å². The van der Waals surface area contributed by atoms with Gasteiger partial charge < -0.3 is 10.6 Å². The van der Waals surface area contributed by atoms with Gasteiger partial charge in [-0.1, -0.05) is 30.3 Å². The molecular formula is C18H23N5O. The smallest absolute Gasteiger partial charge is 0.239 e. The summed E-state index contributed by atoms with van der Waals surface area (Å²) in [6, 6.07) is 9.34. The van der Waals surface area contributed by atoms with E-state index in [0.29, 0.717) is 0 Å². The van der Waals surface area contributed by atoms with Crippen LogP contribution in [0.15, 0.2) is 36.5 Å². The highest BCUT2D eigenvalue weighted by Gasteiger charge is 2.29. The maximum Gasteiger partial charge on any atom is 0.239 e. The van der Waals surface area contributed by atoms with Crippen LogP contribution in [-0.2, 0) is 4.79 Å². The highest BCUT2D eigenvalue weighted by molar-refractivity contribution is 5.81. The standard InChI is InChI=1S/C18H23N5O/c1-13-12-20-18(21-14(13)2)23-10-8-22(9-11-23)16(17(19)24)15-6-4-3-5-7-15/h3-7,12,16H,8-11H2,1-2H3,(H2,19,24). The van der Waals surface area contributed by atoms with Crippen molar-refractivity contribution in [2.45, 2.75) is 19.9 Å². The Kier molecular flexibility index (Phi) is 4.76. The summed E-state index contributed by atoms with van der Waals surface area (Å²) in [5, 5.41) is 0. The molecule has 6 heteroatoms. The number of nitrogens with two attached hydrogens (primary N) is 1. The number of primary amides is 1. The fraction of sp³-hybridized carbons (Fsp3) is 0.389. The number of nitrogens with zero attached hydrogens (tertiary/aromatic N) is 4. The van der Waals surface area contributed by atoms with Crippen molar-refractivity contribution in [1.29, 1.82) is 0 Å². The van der Waals surface area contributed by atoms with Crippen LogP contribution in [0.3, 0.4) is 0 Å². The molecule has 0 spiro atoms. The summed E-state index contributed by atoms with van der Waals surface area (Å²) in [4.78, 5) is 25.3. The number of rotatable bonds is 4. The van der Waals surface area contributed by atoms with Crippen molar-refractivity contribution in [3.05, 3.63) is 53.3 Å². The molecule has 1 saturated heterocycles. The van der Waals surface area contributed by atoms with Crippen molar-refractivity contribution >= 4 is 11.9 Å². The van der Waals surface area contributed by atoms with Crippen molar-refractivity contribution < 1.29 is 4.79 Å². The van der Waals surface area contributed by atoms with Crippen LogP contribution < -0.4 is 10.6 Å². The van der Waals surface area contributed by atoms with E-state index in [0.717, 1.165) is 48.9 Å². The predicted octanol–water partition coefficient (Wildman–Crippen LogP) is 1.44. The van der Waals surface area contributed by atoms with Crippen LogP contribution in [-0.4, -0.2) is 47.0 Å². The first-order valence-corrected chi connectivity index (χ1v) is 8.20. The fourth-order valence-corrected chi connectivity index (χ4v) is 3.04. The van der Waals surface area contributed by atoms with Crippen molar-refractivity contribution in [3.8, 4) is 0 Å². The number of aromatic nitrogens is 2. The molecule has 3 rings (SSSR count). The summed E-state index contributed by atoms with van der Waals surface area (Å²) in [6.07, 6.45) is 1.86. The third kappa shape index (κ3) is 3.38. The van der Waals surface area contributed by atoms with E-state index >= 15 is 0 Å². The Morgan fingerprint density at radius 1 is 1.12 bits per heavy atom. The van der Waals surface area contributed by atoms with E-state index in [1.807, 2.05) is 50.4 Å². The summed E-state index contributed by atoms with van der Waals surface area (Å²) < 4.78 is 0. The lowest BCUT2D eigenvalue weighted by Crippen LogP contribution is -2.50. The fourth-order valence-electron chi connectivity index (χ4n) is 3.04. The minimum absolute atomic E-state index is 0.308. The molecule has 0 bridgehead atoms. The molecule has 2 aromatic rings. The molecule has 1 aliphatic heterocycles.